The Labute approximate surface area is 127 Å². The van der Waals surface area contributed by atoms with E-state index in [0.29, 0.717) is 12.1 Å². The Bertz CT molecular complexity index is 432. The average Bonchev–Trinajstić information content (AvgIpc) is 2.45. The van der Waals surface area contributed by atoms with Crippen LogP contribution in [0, 0.1) is 0 Å². The molecule has 1 fully saturated rings. The van der Waals surface area contributed by atoms with E-state index in [1.165, 1.54) is 5.56 Å². The Morgan fingerprint density at radius 2 is 1.90 bits per heavy atom. The van der Waals surface area contributed by atoms with Crippen molar-refractivity contribution in [3.63, 3.8) is 0 Å². The Hall–Kier alpha value is -1.36. The van der Waals surface area contributed by atoms with E-state index in [4.69, 9.17) is 4.74 Å². The molecule has 1 heterocycles. The number of ether oxygens (including phenoxy) is 1. The van der Waals surface area contributed by atoms with Crippen LogP contribution in [0.15, 0.2) is 6.33 Å². The van der Waals surface area contributed by atoms with Gasteiger partial charge in [-0.2, -0.15) is 0 Å². The third-order valence-corrected chi connectivity index (χ3v) is 3.83. The molecule has 0 aliphatic heterocycles. The average molecular weight is 292 g/mol. The van der Waals surface area contributed by atoms with Crippen LogP contribution in [0.3, 0.4) is 0 Å². The van der Waals surface area contributed by atoms with E-state index in [-0.39, 0.29) is 0 Å². The van der Waals surface area contributed by atoms with Gasteiger partial charge < -0.3 is 15.4 Å². The van der Waals surface area contributed by atoms with Crippen molar-refractivity contribution >= 4 is 11.6 Å². The first-order chi connectivity index (χ1) is 10.3. The summed E-state index contributed by atoms with van der Waals surface area (Å²) < 4.78 is 5.62. The van der Waals surface area contributed by atoms with E-state index in [1.807, 2.05) is 0 Å². The standard InChI is InChI=1S/C16H28N4O/c1-4-7-14-15(17-8-5-2)18-11-19-16(14)20-12-9-13(10-12)21-6-3/h11-13H,4-10H2,1-3H3,(H2,17,18,19,20). The zero-order valence-electron chi connectivity index (χ0n) is 13.5. The number of rotatable bonds is 9. The molecule has 0 bridgehead atoms. The van der Waals surface area contributed by atoms with Gasteiger partial charge in [0.1, 0.15) is 18.0 Å². The van der Waals surface area contributed by atoms with Crippen molar-refractivity contribution in [1.82, 2.24) is 9.97 Å². The second-order valence-electron chi connectivity index (χ2n) is 5.62. The van der Waals surface area contributed by atoms with Crippen LogP contribution in [0.1, 0.15) is 52.0 Å². The first-order valence-corrected chi connectivity index (χ1v) is 8.24. The lowest BCUT2D eigenvalue weighted by molar-refractivity contribution is 0.00291. The third kappa shape index (κ3) is 4.30. The van der Waals surface area contributed by atoms with Crippen LogP contribution >= 0.6 is 0 Å². The normalized spacial score (nSPS) is 20.9. The van der Waals surface area contributed by atoms with Crippen LogP contribution in [0.25, 0.3) is 0 Å². The van der Waals surface area contributed by atoms with Gasteiger partial charge in [0, 0.05) is 24.8 Å². The number of nitrogens with zero attached hydrogens (tertiary/aromatic N) is 2. The lowest BCUT2D eigenvalue weighted by Gasteiger charge is -2.36. The summed E-state index contributed by atoms with van der Waals surface area (Å²) in [6, 6.07) is 0.478. The summed E-state index contributed by atoms with van der Waals surface area (Å²) in [6.45, 7) is 8.15. The maximum absolute atomic E-state index is 5.62. The smallest absolute Gasteiger partial charge is 0.134 e. The molecule has 0 aromatic carbocycles. The fourth-order valence-corrected chi connectivity index (χ4v) is 2.67. The molecule has 0 spiro atoms. The first kappa shape index (κ1) is 16.0. The van der Waals surface area contributed by atoms with E-state index in [2.05, 4.69) is 41.4 Å². The molecule has 1 aromatic rings. The quantitative estimate of drug-likeness (QED) is 0.732. The first-order valence-electron chi connectivity index (χ1n) is 8.24. The highest BCUT2D eigenvalue weighted by Crippen LogP contribution is 2.29. The fourth-order valence-electron chi connectivity index (χ4n) is 2.67. The van der Waals surface area contributed by atoms with Crippen molar-refractivity contribution in [1.29, 1.82) is 0 Å². The highest BCUT2D eigenvalue weighted by molar-refractivity contribution is 5.58. The predicted molar refractivity (Wildman–Crippen MR) is 86.9 cm³/mol. The van der Waals surface area contributed by atoms with Gasteiger partial charge in [0.05, 0.1) is 6.10 Å². The SMILES string of the molecule is CCCNc1ncnc(NC2CC(OCC)C2)c1CCC. The monoisotopic (exact) mass is 292 g/mol. The second kappa shape index (κ2) is 8.17. The molecule has 1 aliphatic rings. The van der Waals surface area contributed by atoms with Crippen LogP contribution in [-0.4, -0.2) is 35.3 Å². The van der Waals surface area contributed by atoms with E-state index in [9.17, 15) is 0 Å². The van der Waals surface area contributed by atoms with Crippen LogP contribution in [0.4, 0.5) is 11.6 Å². The maximum atomic E-state index is 5.62. The van der Waals surface area contributed by atoms with Gasteiger partial charge in [0.2, 0.25) is 0 Å². The number of anilines is 2. The molecule has 5 heteroatoms. The summed E-state index contributed by atoms with van der Waals surface area (Å²) in [6.07, 6.45) is 7.39. The molecule has 2 N–H and O–H groups in total. The van der Waals surface area contributed by atoms with Crippen LogP contribution in [0.2, 0.25) is 0 Å². The zero-order valence-corrected chi connectivity index (χ0v) is 13.5. The highest BCUT2D eigenvalue weighted by atomic mass is 16.5. The summed E-state index contributed by atoms with van der Waals surface area (Å²) in [5, 5.41) is 6.98. The molecule has 1 aliphatic carbocycles. The van der Waals surface area contributed by atoms with Gasteiger partial charge >= 0.3 is 0 Å². The molecule has 0 amide bonds. The van der Waals surface area contributed by atoms with Crippen molar-refractivity contribution < 1.29 is 4.74 Å². The summed E-state index contributed by atoms with van der Waals surface area (Å²) in [5.74, 6) is 1.97. The molecule has 0 unspecified atom stereocenters. The Balaban J connectivity index is 2.01. The topological polar surface area (TPSA) is 59.1 Å². The lowest BCUT2D eigenvalue weighted by atomic mass is 9.89. The molecular formula is C16H28N4O. The van der Waals surface area contributed by atoms with Crippen molar-refractivity contribution in [2.45, 2.75) is 65.0 Å². The minimum atomic E-state index is 0.418. The van der Waals surface area contributed by atoms with Gasteiger partial charge in [-0.1, -0.05) is 20.3 Å². The largest absolute Gasteiger partial charge is 0.378 e. The van der Waals surface area contributed by atoms with Gasteiger partial charge in [-0.3, -0.25) is 0 Å². The number of nitrogens with one attached hydrogen (secondary N) is 2. The number of aromatic nitrogens is 2. The Kier molecular flexibility index (Phi) is 6.23. The summed E-state index contributed by atoms with van der Waals surface area (Å²) in [7, 11) is 0. The zero-order chi connectivity index (χ0) is 15.1. The molecule has 1 saturated carbocycles. The van der Waals surface area contributed by atoms with Crippen LogP contribution in [0.5, 0.6) is 0 Å². The minimum absolute atomic E-state index is 0.418. The van der Waals surface area contributed by atoms with Gasteiger partial charge in [-0.05, 0) is 32.6 Å². The van der Waals surface area contributed by atoms with E-state index >= 15 is 0 Å². The van der Waals surface area contributed by atoms with Crippen molar-refractivity contribution in [2.75, 3.05) is 23.8 Å². The predicted octanol–water partition coefficient (Wildman–Crippen LogP) is 3.23. The van der Waals surface area contributed by atoms with Gasteiger partial charge in [-0.25, -0.2) is 9.97 Å². The maximum Gasteiger partial charge on any atom is 0.134 e. The van der Waals surface area contributed by atoms with Crippen molar-refractivity contribution in [3.05, 3.63) is 11.9 Å². The summed E-state index contributed by atoms with van der Waals surface area (Å²) >= 11 is 0. The molecule has 5 nitrogen and oxygen atoms in total. The van der Waals surface area contributed by atoms with Crippen molar-refractivity contribution in [3.8, 4) is 0 Å². The minimum Gasteiger partial charge on any atom is -0.378 e. The number of hydrogen-bond donors (Lipinski definition) is 2. The van der Waals surface area contributed by atoms with Gasteiger partial charge in [0.15, 0.2) is 0 Å². The van der Waals surface area contributed by atoms with Crippen molar-refractivity contribution in [2.24, 2.45) is 0 Å². The highest BCUT2D eigenvalue weighted by Gasteiger charge is 2.30. The molecule has 2 rings (SSSR count). The van der Waals surface area contributed by atoms with Crippen LogP contribution in [-0.2, 0) is 11.2 Å². The molecule has 0 radical (unpaired) electrons. The van der Waals surface area contributed by atoms with E-state index in [0.717, 1.165) is 56.9 Å². The number of hydrogen-bond acceptors (Lipinski definition) is 5. The molecule has 118 valence electrons. The second-order valence-corrected chi connectivity index (χ2v) is 5.62. The fraction of sp³-hybridized carbons (Fsp3) is 0.750. The molecule has 0 atom stereocenters. The Morgan fingerprint density at radius 1 is 1.14 bits per heavy atom. The molecular weight excluding hydrogens is 264 g/mol. The molecule has 21 heavy (non-hydrogen) atoms. The van der Waals surface area contributed by atoms with Gasteiger partial charge in [0.25, 0.3) is 0 Å². The molecule has 1 aromatic heterocycles. The summed E-state index contributed by atoms with van der Waals surface area (Å²) in [5.41, 5.74) is 1.22. The third-order valence-electron chi connectivity index (χ3n) is 3.83. The van der Waals surface area contributed by atoms with Gasteiger partial charge in [-0.15, -0.1) is 0 Å². The molecule has 0 saturated heterocycles. The lowest BCUT2D eigenvalue weighted by Crippen LogP contribution is -2.41. The van der Waals surface area contributed by atoms with E-state index in [1.54, 1.807) is 6.33 Å². The summed E-state index contributed by atoms with van der Waals surface area (Å²) in [4.78, 5) is 8.86. The van der Waals surface area contributed by atoms with Crippen LogP contribution < -0.4 is 10.6 Å². The van der Waals surface area contributed by atoms with E-state index < -0.39 is 0 Å². The Morgan fingerprint density at radius 3 is 2.57 bits per heavy atom.